The smallest absolute Gasteiger partial charge is 0.0178 e. The van der Waals surface area contributed by atoms with Gasteiger partial charge in [0.1, 0.15) is 0 Å². The Labute approximate surface area is 107 Å². The van der Waals surface area contributed by atoms with Gasteiger partial charge in [-0.3, -0.25) is 0 Å². The topological polar surface area (TPSA) is 12.0 Å². The maximum absolute atomic E-state index is 3.56. The quantitative estimate of drug-likeness (QED) is 0.779. The SMILES string of the molecule is CCCNCC(c1cccc(Br)c1)C1CC1. The molecule has 0 heterocycles. The maximum Gasteiger partial charge on any atom is 0.0178 e. The van der Waals surface area contributed by atoms with Gasteiger partial charge in [-0.05, 0) is 55.3 Å². The van der Waals surface area contributed by atoms with Crippen LogP contribution in [0.15, 0.2) is 28.7 Å². The van der Waals surface area contributed by atoms with Gasteiger partial charge in [0.2, 0.25) is 0 Å². The van der Waals surface area contributed by atoms with Gasteiger partial charge in [-0.1, -0.05) is 35.0 Å². The summed E-state index contributed by atoms with van der Waals surface area (Å²) in [6.07, 6.45) is 4.03. The highest BCUT2D eigenvalue weighted by atomic mass is 79.9. The lowest BCUT2D eigenvalue weighted by Gasteiger charge is -2.17. The minimum atomic E-state index is 0.712. The Morgan fingerprint density at radius 1 is 1.44 bits per heavy atom. The van der Waals surface area contributed by atoms with Gasteiger partial charge in [0, 0.05) is 11.0 Å². The van der Waals surface area contributed by atoms with Crippen LogP contribution in [0.5, 0.6) is 0 Å². The van der Waals surface area contributed by atoms with Crippen molar-refractivity contribution in [1.82, 2.24) is 5.32 Å². The molecule has 1 unspecified atom stereocenters. The van der Waals surface area contributed by atoms with Gasteiger partial charge in [0.25, 0.3) is 0 Å². The summed E-state index contributed by atoms with van der Waals surface area (Å²) in [5.41, 5.74) is 1.49. The lowest BCUT2D eigenvalue weighted by molar-refractivity contribution is 0.533. The van der Waals surface area contributed by atoms with E-state index in [9.17, 15) is 0 Å². The molecule has 0 aliphatic heterocycles. The first-order chi connectivity index (χ1) is 7.81. The number of nitrogens with one attached hydrogen (secondary N) is 1. The number of halogens is 1. The molecule has 1 saturated carbocycles. The van der Waals surface area contributed by atoms with E-state index in [4.69, 9.17) is 0 Å². The van der Waals surface area contributed by atoms with Crippen LogP contribution in [0.1, 0.15) is 37.7 Å². The molecule has 0 saturated heterocycles. The Bertz CT molecular complexity index is 333. The van der Waals surface area contributed by atoms with Gasteiger partial charge >= 0.3 is 0 Å². The standard InChI is InChI=1S/C14H20BrN/c1-2-8-16-10-14(11-6-7-11)12-4-3-5-13(15)9-12/h3-5,9,11,14,16H,2,6-8,10H2,1H3. The minimum Gasteiger partial charge on any atom is -0.316 e. The summed E-state index contributed by atoms with van der Waals surface area (Å²) in [5, 5.41) is 3.56. The summed E-state index contributed by atoms with van der Waals surface area (Å²) in [6, 6.07) is 8.79. The van der Waals surface area contributed by atoms with E-state index in [0.717, 1.165) is 19.0 Å². The Kier molecular flexibility index (Phi) is 4.42. The molecule has 0 bridgehead atoms. The zero-order valence-electron chi connectivity index (χ0n) is 9.88. The summed E-state index contributed by atoms with van der Waals surface area (Å²) < 4.78 is 1.20. The van der Waals surface area contributed by atoms with E-state index in [2.05, 4.69) is 52.4 Å². The van der Waals surface area contributed by atoms with Crippen LogP contribution in [0.25, 0.3) is 0 Å². The molecule has 16 heavy (non-hydrogen) atoms. The predicted octanol–water partition coefficient (Wildman–Crippen LogP) is 3.94. The lowest BCUT2D eigenvalue weighted by atomic mass is 9.94. The highest BCUT2D eigenvalue weighted by Crippen LogP contribution is 2.42. The second-order valence-corrected chi connectivity index (χ2v) is 5.62. The molecule has 1 N–H and O–H groups in total. The predicted molar refractivity (Wildman–Crippen MR) is 72.8 cm³/mol. The van der Waals surface area contributed by atoms with Crippen LogP contribution in [-0.4, -0.2) is 13.1 Å². The van der Waals surface area contributed by atoms with Crippen LogP contribution in [0, 0.1) is 5.92 Å². The van der Waals surface area contributed by atoms with Crippen molar-refractivity contribution in [2.45, 2.75) is 32.1 Å². The van der Waals surface area contributed by atoms with Gasteiger partial charge in [0.05, 0.1) is 0 Å². The van der Waals surface area contributed by atoms with Crippen LogP contribution < -0.4 is 5.32 Å². The van der Waals surface area contributed by atoms with E-state index in [1.54, 1.807) is 0 Å². The van der Waals surface area contributed by atoms with E-state index < -0.39 is 0 Å². The third-order valence-corrected chi connectivity index (χ3v) is 3.75. The Morgan fingerprint density at radius 2 is 2.25 bits per heavy atom. The van der Waals surface area contributed by atoms with Crippen molar-refractivity contribution in [3.63, 3.8) is 0 Å². The number of hydrogen-bond donors (Lipinski definition) is 1. The number of hydrogen-bond acceptors (Lipinski definition) is 1. The average Bonchev–Trinajstić information content (AvgIpc) is 3.08. The normalized spacial score (nSPS) is 17.4. The van der Waals surface area contributed by atoms with E-state index >= 15 is 0 Å². The molecule has 1 aliphatic carbocycles. The summed E-state index contributed by atoms with van der Waals surface area (Å²) in [5.74, 6) is 1.63. The largest absolute Gasteiger partial charge is 0.316 e. The van der Waals surface area contributed by atoms with Crippen LogP contribution in [0.4, 0.5) is 0 Å². The van der Waals surface area contributed by atoms with E-state index in [-0.39, 0.29) is 0 Å². The van der Waals surface area contributed by atoms with Crippen molar-refractivity contribution in [3.05, 3.63) is 34.3 Å². The molecule has 1 atom stereocenters. The first kappa shape index (κ1) is 12.1. The molecule has 0 aromatic heterocycles. The van der Waals surface area contributed by atoms with Gasteiger partial charge in [0.15, 0.2) is 0 Å². The third kappa shape index (κ3) is 3.33. The maximum atomic E-state index is 3.56. The number of rotatable bonds is 6. The monoisotopic (exact) mass is 281 g/mol. The summed E-state index contributed by atoms with van der Waals surface area (Å²) in [6.45, 7) is 4.49. The molecule has 0 spiro atoms. The molecule has 1 nitrogen and oxygen atoms in total. The second kappa shape index (κ2) is 5.83. The van der Waals surface area contributed by atoms with Crippen molar-refractivity contribution in [3.8, 4) is 0 Å². The Hall–Kier alpha value is -0.340. The van der Waals surface area contributed by atoms with Gasteiger partial charge in [-0.25, -0.2) is 0 Å². The van der Waals surface area contributed by atoms with Crippen molar-refractivity contribution in [1.29, 1.82) is 0 Å². The second-order valence-electron chi connectivity index (χ2n) is 4.70. The molecule has 1 aromatic carbocycles. The molecule has 2 rings (SSSR count). The Morgan fingerprint density at radius 3 is 2.88 bits per heavy atom. The zero-order valence-corrected chi connectivity index (χ0v) is 11.5. The fourth-order valence-electron chi connectivity index (χ4n) is 2.23. The van der Waals surface area contributed by atoms with E-state index in [1.165, 1.54) is 29.3 Å². The Balaban J connectivity index is 2.01. The van der Waals surface area contributed by atoms with E-state index in [0.29, 0.717) is 5.92 Å². The molecule has 1 fully saturated rings. The molecular formula is C14H20BrN. The van der Waals surface area contributed by atoms with Crippen LogP contribution in [-0.2, 0) is 0 Å². The van der Waals surface area contributed by atoms with Crippen molar-refractivity contribution < 1.29 is 0 Å². The first-order valence-corrected chi connectivity index (χ1v) is 7.06. The highest BCUT2D eigenvalue weighted by Gasteiger charge is 2.31. The van der Waals surface area contributed by atoms with Crippen LogP contribution in [0.3, 0.4) is 0 Å². The fourth-order valence-corrected chi connectivity index (χ4v) is 2.64. The molecule has 1 aliphatic rings. The third-order valence-electron chi connectivity index (χ3n) is 3.26. The molecule has 1 aromatic rings. The highest BCUT2D eigenvalue weighted by molar-refractivity contribution is 9.10. The molecule has 2 heteroatoms. The van der Waals surface area contributed by atoms with Crippen molar-refractivity contribution in [2.75, 3.05) is 13.1 Å². The molecule has 0 radical (unpaired) electrons. The van der Waals surface area contributed by atoms with Crippen molar-refractivity contribution >= 4 is 15.9 Å². The molecule has 0 amide bonds. The zero-order chi connectivity index (χ0) is 11.4. The number of benzene rings is 1. The first-order valence-electron chi connectivity index (χ1n) is 6.27. The van der Waals surface area contributed by atoms with Gasteiger partial charge in [-0.2, -0.15) is 0 Å². The summed E-state index contributed by atoms with van der Waals surface area (Å²) in [7, 11) is 0. The minimum absolute atomic E-state index is 0.712. The lowest BCUT2D eigenvalue weighted by Crippen LogP contribution is -2.23. The van der Waals surface area contributed by atoms with Crippen LogP contribution in [0.2, 0.25) is 0 Å². The van der Waals surface area contributed by atoms with Crippen molar-refractivity contribution in [2.24, 2.45) is 5.92 Å². The van der Waals surface area contributed by atoms with E-state index in [1.807, 2.05) is 0 Å². The fraction of sp³-hybridized carbons (Fsp3) is 0.571. The van der Waals surface area contributed by atoms with Gasteiger partial charge < -0.3 is 5.32 Å². The molecule has 88 valence electrons. The summed E-state index contributed by atoms with van der Waals surface area (Å²) in [4.78, 5) is 0. The van der Waals surface area contributed by atoms with Crippen LogP contribution >= 0.6 is 15.9 Å². The van der Waals surface area contributed by atoms with Gasteiger partial charge in [-0.15, -0.1) is 0 Å². The average molecular weight is 282 g/mol. The molecular weight excluding hydrogens is 262 g/mol. The summed E-state index contributed by atoms with van der Waals surface area (Å²) >= 11 is 3.56.